The van der Waals surface area contributed by atoms with Gasteiger partial charge in [-0.2, -0.15) is 0 Å². The van der Waals surface area contributed by atoms with Crippen LogP contribution in [0.2, 0.25) is 5.02 Å². The highest BCUT2D eigenvalue weighted by atomic mass is 35.5. The van der Waals surface area contributed by atoms with Gasteiger partial charge in [0, 0.05) is 11.3 Å². The van der Waals surface area contributed by atoms with E-state index in [0.29, 0.717) is 24.4 Å². The molecule has 128 valence electrons. The van der Waals surface area contributed by atoms with E-state index in [0.717, 1.165) is 0 Å². The number of carbonyl (C=O) groups is 3. The average Bonchev–Trinajstić information content (AvgIpc) is 3.06. The lowest BCUT2D eigenvalue weighted by atomic mass is 10.2. The molecule has 0 unspecified atom stereocenters. The Kier molecular flexibility index (Phi) is 4.85. The van der Waals surface area contributed by atoms with Gasteiger partial charge in [-0.15, -0.1) is 0 Å². The van der Waals surface area contributed by atoms with E-state index in [4.69, 9.17) is 16.3 Å². The fraction of sp³-hybridized carbons (Fsp3) is 0.118. The Morgan fingerprint density at radius 2 is 1.68 bits per heavy atom. The number of nitrogens with zero attached hydrogens (tertiary/aromatic N) is 1. The maximum Gasteiger partial charge on any atom is 0.414 e. The molecule has 1 heterocycles. The molecule has 0 saturated carbocycles. The Labute approximate surface area is 148 Å². The molecule has 25 heavy (non-hydrogen) atoms. The average molecular weight is 360 g/mol. The van der Waals surface area contributed by atoms with Crippen LogP contribution in [0.4, 0.5) is 10.5 Å². The molecule has 0 aromatic heterocycles. The van der Waals surface area contributed by atoms with E-state index in [-0.39, 0.29) is 10.6 Å². The van der Waals surface area contributed by atoms with Gasteiger partial charge in [0.05, 0.1) is 17.1 Å². The third kappa shape index (κ3) is 3.72. The number of ether oxygens (including phenoxy) is 1. The Bertz CT molecular complexity index is 823. The normalized spacial score (nSPS) is 13.3. The summed E-state index contributed by atoms with van der Waals surface area (Å²) in [7, 11) is 0. The van der Waals surface area contributed by atoms with Crippen LogP contribution in [0.5, 0.6) is 0 Å². The van der Waals surface area contributed by atoms with E-state index in [1.165, 1.54) is 4.90 Å². The summed E-state index contributed by atoms with van der Waals surface area (Å²) in [6.07, 6.45) is -0.413. The van der Waals surface area contributed by atoms with Crippen molar-refractivity contribution in [2.75, 3.05) is 18.1 Å². The highest BCUT2D eigenvalue weighted by Crippen LogP contribution is 2.19. The van der Waals surface area contributed by atoms with Crippen molar-refractivity contribution in [2.45, 2.75) is 0 Å². The number of hydrogen-bond donors (Lipinski definition) is 2. The molecule has 0 bridgehead atoms. The molecule has 2 aromatic carbocycles. The predicted molar refractivity (Wildman–Crippen MR) is 91.5 cm³/mol. The first-order valence-corrected chi connectivity index (χ1v) is 7.83. The smallest absolute Gasteiger partial charge is 0.414 e. The van der Waals surface area contributed by atoms with Gasteiger partial charge in [0.2, 0.25) is 0 Å². The van der Waals surface area contributed by atoms with Gasteiger partial charge < -0.3 is 4.74 Å². The summed E-state index contributed by atoms with van der Waals surface area (Å²) in [5.74, 6) is -1.01. The highest BCUT2D eigenvalue weighted by Gasteiger charge is 2.23. The molecular formula is C17H14ClN3O4. The van der Waals surface area contributed by atoms with Crippen LogP contribution in [0.15, 0.2) is 48.5 Å². The first-order valence-electron chi connectivity index (χ1n) is 7.46. The third-order valence-electron chi connectivity index (χ3n) is 3.61. The van der Waals surface area contributed by atoms with Crippen molar-refractivity contribution in [3.8, 4) is 0 Å². The molecule has 0 radical (unpaired) electrons. The molecule has 7 nitrogen and oxygen atoms in total. The molecule has 3 rings (SSSR count). The monoisotopic (exact) mass is 359 g/mol. The quantitative estimate of drug-likeness (QED) is 0.823. The first-order chi connectivity index (χ1) is 12.1. The van der Waals surface area contributed by atoms with Crippen LogP contribution in [0.3, 0.4) is 0 Å². The number of halogens is 1. The summed E-state index contributed by atoms with van der Waals surface area (Å²) in [6.45, 7) is 0.813. The van der Waals surface area contributed by atoms with E-state index in [2.05, 4.69) is 10.9 Å². The van der Waals surface area contributed by atoms with Crippen molar-refractivity contribution in [3.05, 3.63) is 64.7 Å². The number of nitrogens with one attached hydrogen (secondary N) is 2. The van der Waals surface area contributed by atoms with Crippen molar-refractivity contribution in [1.29, 1.82) is 0 Å². The molecule has 8 heteroatoms. The SMILES string of the molecule is O=C(NNC(=O)c1ccccc1Cl)c1ccc(N2CCOC2=O)cc1. The molecule has 1 aliphatic heterocycles. The van der Waals surface area contributed by atoms with Crippen LogP contribution in [-0.4, -0.2) is 31.1 Å². The van der Waals surface area contributed by atoms with Gasteiger partial charge in [-0.1, -0.05) is 23.7 Å². The fourth-order valence-corrected chi connectivity index (χ4v) is 2.54. The molecule has 1 saturated heterocycles. The molecule has 1 fully saturated rings. The Morgan fingerprint density at radius 3 is 2.32 bits per heavy atom. The molecule has 0 atom stereocenters. The zero-order valence-electron chi connectivity index (χ0n) is 13.0. The Hall–Kier alpha value is -3.06. The van der Waals surface area contributed by atoms with Gasteiger partial charge in [0.15, 0.2) is 0 Å². The van der Waals surface area contributed by atoms with Crippen LogP contribution >= 0.6 is 11.6 Å². The zero-order valence-corrected chi connectivity index (χ0v) is 13.7. The molecule has 1 aliphatic rings. The first kappa shape index (κ1) is 16.8. The van der Waals surface area contributed by atoms with Gasteiger partial charge >= 0.3 is 6.09 Å². The summed E-state index contributed by atoms with van der Waals surface area (Å²) in [5, 5.41) is 0.288. The van der Waals surface area contributed by atoms with E-state index in [9.17, 15) is 14.4 Å². The van der Waals surface area contributed by atoms with Gasteiger partial charge in [-0.05, 0) is 36.4 Å². The summed E-state index contributed by atoms with van der Waals surface area (Å²) in [6, 6.07) is 12.9. The largest absolute Gasteiger partial charge is 0.447 e. The number of amides is 3. The minimum atomic E-state index is -0.518. The molecule has 0 aliphatic carbocycles. The summed E-state index contributed by atoms with van der Waals surface area (Å²) in [5.41, 5.74) is 5.85. The van der Waals surface area contributed by atoms with Crippen LogP contribution < -0.4 is 15.8 Å². The Morgan fingerprint density at radius 1 is 1.00 bits per heavy atom. The maximum absolute atomic E-state index is 12.1. The number of hydrogen-bond acceptors (Lipinski definition) is 4. The van der Waals surface area contributed by atoms with E-state index in [1.54, 1.807) is 48.5 Å². The van der Waals surface area contributed by atoms with Crippen molar-refractivity contribution < 1.29 is 19.1 Å². The second kappa shape index (κ2) is 7.23. The maximum atomic E-state index is 12.1. The third-order valence-corrected chi connectivity index (χ3v) is 3.94. The van der Waals surface area contributed by atoms with Crippen molar-refractivity contribution in [2.24, 2.45) is 0 Å². The van der Waals surface area contributed by atoms with Crippen LogP contribution in [0, 0.1) is 0 Å². The molecule has 2 aromatic rings. The topological polar surface area (TPSA) is 87.7 Å². The van der Waals surface area contributed by atoms with Gasteiger partial charge in [-0.3, -0.25) is 25.3 Å². The van der Waals surface area contributed by atoms with Crippen molar-refractivity contribution in [3.63, 3.8) is 0 Å². The minimum absolute atomic E-state index is 0.257. The minimum Gasteiger partial charge on any atom is -0.447 e. The Balaban J connectivity index is 1.61. The predicted octanol–water partition coefficient (Wildman–Crippen LogP) is 2.37. The number of rotatable bonds is 3. The van der Waals surface area contributed by atoms with E-state index in [1.807, 2.05) is 0 Å². The van der Waals surface area contributed by atoms with Crippen molar-refractivity contribution >= 4 is 35.2 Å². The summed E-state index contributed by atoms with van der Waals surface area (Å²) >= 11 is 5.93. The highest BCUT2D eigenvalue weighted by molar-refractivity contribution is 6.33. The van der Waals surface area contributed by atoms with Crippen LogP contribution in [0.1, 0.15) is 20.7 Å². The van der Waals surface area contributed by atoms with Crippen LogP contribution in [0.25, 0.3) is 0 Å². The lowest BCUT2D eigenvalue weighted by molar-refractivity contribution is 0.0847. The summed E-state index contributed by atoms with van der Waals surface area (Å²) < 4.78 is 4.86. The zero-order chi connectivity index (χ0) is 17.8. The second-order valence-corrected chi connectivity index (χ2v) is 5.61. The van der Waals surface area contributed by atoms with Gasteiger partial charge in [0.1, 0.15) is 6.61 Å². The van der Waals surface area contributed by atoms with Gasteiger partial charge in [0.25, 0.3) is 11.8 Å². The lowest BCUT2D eigenvalue weighted by Crippen LogP contribution is -2.41. The molecule has 3 amide bonds. The molecule has 0 spiro atoms. The fourth-order valence-electron chi connectivity index (χ4n) is 2.32. The number of anilines is 1. The second-order valence-electron chi connectivity index (χ2n) is 5.20. The molecular weight excluding hydrogens is 346 g/mol. The van der Waals surface area contributed by atoms with E-state index >= 15 is 0 Å². The van der Waals surface area contributed by atoms with E-state index < -0.39 is 17.9 Å². The van der Waals surface area contributed by atoms with Crippen LogP contribution in [-0.2, 0) is 4.74 Å². The standard InChI is InChI=1S/C17H14ClN3O4/c18-14-4-2-1-3-13(14)16(23)20-19-15(22)11-5-7-12(8-6-11)21-9-10-25-17(21)24/h1-8H,9-10H2,(H,19,22)(H,20,23). The number of hydrazine groups is 1. The summed E-state index contributed by atoms with van der Waals surface area (Å²) in [4.78, 5) is 37.1. The lowest BCUT2D eigenvalue weighted by Gasteiger charge is -2.13. The number of benzene rings is 2. The van der Waals surface area contributed by atoms with Crippen molar-refractivity contribution in [1.82, 2.24) is 10.9 Å². The number of cyclic esters (lactones) is 1. The number of carbonyl (C=O) groups excluding carboxylic acids is 3. The molecule has 2 N–H and O–H groups in total. The van der Waals surface area contributed by atoms with Gasteiger partial charge in [-0.25, -0.2) is 4.79 Å².